The Labute approximate surface area is 405 Å². The number of phosphoric ester groups is 1. The minimum atomic E-state index is -4.31. The van der Waals surface area contributed by atoms with Crippen molar-refractivity contribution in [1.82, 2.24) is 5.32 Å². The molecule has 0 aliphatic carbocycles. The van der Waals surface area contributed by atoms with Crippen LogP contribution in [0.15, 0.2) is 12.2 Å². The van der Waals surface area contributed by atoms with Crippen molar-refractivity contribution in [3.63, 3.8) is 0 Å². The van der Waals surface area contributed by atoms with Gasteiger partial charge < -0.3 is 19.8 Å². The fourth-order valence-electron chi connectivity index (χ4n) is 8.75. The van der Waals surface area contributed by atoms with Gasteiger partial charge in [-0.1, -0.05) is 257 Å². The Balaban J connectivity index is 4.01. The van der Waals surface area contributed by atoms with Crippen molar-refractivity contribution in [3.8, 4) is 0 Å². The molecule has 3 N–H and O–H groups in total. The number of likely N-dealkylation sites (N-methyl/N-ethyl adjacent to an activating group) is 1. The lowest BCUT2D eigenvalue weighted by molar-refractivity contribution is -0.870. The molecule has 0 bridgehead atoms. The molecule has 0 rings (SSSR count). The van der Waals surface area contributed by atoms with Crippen LogP contribution in [0.1, 0.15) is 290 Å². The van der Waals surface area contributed by atoms with Crippen LogP contribution in [0.4, 0.5) is 0 Å². The number of quaternary nitrogens is 1. The monoisotopic (exact) mass is 942 g/mol. The molecule has 0 heterocycles. The van der Waals surface area contributed by atoms with Crippen molar-refractivity contribution < 1.29 is 32.9 Å². The van der Waals surface area contributed by atoms with Crippen LogP contribution in [0.5, 0.6) is 0 Å². The highest BCUT2D eigenvalue weighted by Gasteiger charge is 2.28. The molecule has 0 saturated heterocycles. The van der Waals surface area contributed by atoms with Gasteiger partial charge in [-0.05, 0) is 38.5 Å². The molecule has 3 atom stereocenters. The van der Waals surface area contributed by atoms with Gasteiger partial charge >= 0.3 is 7.82 Å². The zero-order valence-corrected chi connectivity index (χ0v) is 45.2. The van der Waals surface area contributed by atoms with Crippen LogP contribution in [-0.2, 0) is 18.4 Å². The van der Waals surface area contributed by atoms with E-state index in [0.29, 0.717) is 23.9 Å². The average molecular weight is 943 g/mol. The summed E-state index contributed by atoms with van der Waals surface area (Å²) in [6, 6.07) is -0.756. The van der Waals surface area contributed by atoms with Crippen molar-refractivity contribution in [2.75, 3.05) is 40.9 Å². The van der Waals surface area contributed by atoms with Crippen molar-refractivity contribution in [2.24, 2.45) is 0 Å². The van der Waals surface area contributed by atoms with E-state index in [0.717, 1.165) is 38.5 Å². The molecule has 65 heavy (non-hydrogen) atoms. The molecule has 0 aliphatic heterocycles. The molecule has 0 aliphatic rings. The first-order chi connectivity index (χ1) is 31.5. The molecule has 0 aromatic carbocycles. The summed E-state index contributed by atoms with van der Waals surface area (Å²) in [5.74, 6) is -0.140. The highest BCUT2D eigenvalue weighted by Crippen LogP contribution is 2.43. The van der Waals surface area contributed by atoms with E-state index in [1.165, 1.54) is 225 Å². The van der Waals surface area contributed by atoms with Gasteiger partial charge in [-0.15, -0.1) is 0 Å². The summed E-state index contributed by atoms with van der Waals surface area (Å²) < 4.78 is 23.7. The predicted molar refractivity (Wildman–Crippen MR) is 282 cm³/mol. The summed E-state index contributed by atoms with van der Waals surface area (Å²) in [5.41, 5.74) is 0. The Morgan fingerprint density at radius 3 is 1.18 bits per heavy atom. The zero-order chi connectivity index (χ0) is 47.8. The average Bonchev–Trinajstić information content (AvgIpc) is 3.26. The van der Waals surface area contributed by atoms with Gasteiger partial charge in [0.25, 0.3) is 0 Å². The third-order valence-corrected chi connectivity index (χ3v) is 14.2. The molecule has 1 amide bonds. The predicted octanol–water partition coefficient (Wildman–Crippen LogP) is 17.0. The van der Waals surface area contributed by atoms with E-state index in [-0.39, 0.29) is 19.1 Å². The van der Waals surface area contributed by atoms with Gasteiger partial charge in [0.2, 0.25) is 5.91 Å². The van der Waals surface area contributed by atoms with Crippen molar-refractivity contribution in [3.05, 3.63) is 12.2 Å². The van der Waals surface area contributed by atoms with E-state index < -0.39 is 20.0 Å². The zero-order valence-electron chi connectivity index (χ0n) is 44.3. The number of aliphatic hydroxyl groups is 1. The first-order valence-corrected chi connectivity index (χ1v) is 30.0. The summed E-state index contributed by atoms with van der Waals surface area (Å²) in [6.07, 6.45) is 58.5. The molecule has 8 nitrogen and oxygen atoms in total. The fourth-order valence-corrected chi connectivity index (χ4v) is 9.49. The highest BCUT2D eigenvalue weighted by molar-refractivity contribution is 7.47. The van der Waals surface area contributed by atoms with E-state index in [4.69, 9.17) is 9.05 Å². The number of rotatable bonds is 53. The highest BCUT2D eigenvalue weighted by atomic mass is 31.2. The molecule has 0 fully saturated rings. The molecule has 0 radical (unpaired) electrons. The Hall–Kier alpha value is -0.760. The van der Waals surface area contributed by atoms with E-state index in [2.05, 4.69) is 31.3 Å². The summed E-state index contributed by atoms with van der Waals surface area (Å²) in [7, 11) is 1.63. The lowest BCUT2D eigenvalue weighted by atomic mass is 10.0. The molecule has 0 saturated carbocycles. The van der Waals surface area contributed by atoms with Crippen LogP contribution in [-0.4, -0.2) is 73.4 Å². The number of phosphoric acid groups is 1. The number of amides is 1. The molecular weight excluding hydrogens is 828 g/mol. The maximum atomic E-state index is 13.0. The Morgan fingerprint density at radius 1 is 0.508 bits per heavy atom. The van der Waals surface area contributed by atoms with E-state index in [1.807, 2.05) is 21.1 Å². The van der Waals surface area contributed by atoms with Crippen LogP contribution >= 0.6 is 7.82 Å². The van der Waals surface area contributed by atoms with Crippen LogP contribution in [0.2, 0.25) is 0 Å². The SMILES string of the molecule is CCCCCCCCCCCCCC/C=C\CCCCCCCCCCCCCCCCC(=O)NC(COP(=O)(O)OCC[N+](C)(C)C)C(O)CCCCCCCCCCCCCCC. The van der Waals surface area contributed by atoms with Gasteiger partial charge in [0.05, 0.1) is 39.9 Å². The van der Waals surface area contributed by atoms with Crippen LogP contribution in [0.3, 0.4) is 0 Å². The summed E-state index contributed by atoms with van der Waals surface area (Å²) in [5, 5.41) is 14.0. The van der Waals surface area contributed by atoms with E-state index in [1.54, 1.807) is 0 Å². The number of unbranched alkanes of at least 4 members (excludes halogenated alkanes) is 38. The van der Waals surface area contributed by atoms with Crippen molar-refractivity contribution >= 4 is 13.7 Å². The number of aliphatic hydroxyl groups excluding tert-OH is 1. The van der Waals surface area contributed by atoms with Gasteiger partial charge in [0, 0.05) is 6.42 Å². The number of nitrogens with zero attached hydrogens (tertiary/aromatic N) is 1. The Bertz CT molecular complexity index is 1070. The smallest absolute Gasteiger partial charge is 0.391 e. The maximum Gasteiger partial charge on any atom is 0.472 e. The summed E-state index contributed by atoms with van der Waals surface area (Å²) in [6.45, 7) is 4.92. The number of hydrogen-bond donors (Lipinski definition) is 3. The van der Waals surface area contributed by atoms with Gasteiger partial charge in [0.1, 0.15) is 13.2 Å². The molecule has 0 aromatic heterocycles. The minimum absolute atomic E-state index is 0.0773. The molecular formula is C56H114N2O6P+. The lowest BCUT2D eigenvalue weighted by Gasteiger charge is -2.26. The first kappa shape index (κ1) is 64.2. The van der Waals surface area contributed by atoms with Gasteiger partial charge in [-0.25, -0.2) is 4.57 Å². The second kappa shape index (κ2) is 48.3. The normalized spacial score (nSPS) is 14.0. The van der Waals surface area contributed by atoms with Crippen LogP contribution in [0.25, 0.3) is 0 Å². The molecule has 0 aromatic rings. The number of hydrogen-bond acceptors (Lipinski definition) is 5. The molecule has 9 heteroatoms. The number of carbonyl (C=O) groups excluding carboxylic acids is 1. The maximum absolute atomic E-state index is 13.0. The summed E-state index contributed by atoms with van der Waals surface area (Å²) in [4.78, 5) is 23.3. The minimum Gasteiger partial charge on any atom is -0.391 e. The Morgan fingerprint density at radius 2 is 0.831 bits per heavy atom. The van der Waals surface area contributed by atoms with Crippen LogP contribution < -0.4 is 5.32 Å². The first-order valence-electron chi connectivity index (χ1n) is 28.6. The van der Waals surface area contributed by atoms with E-state index in [9.17, 15) is 19.4 Å². The van der Waals surface area contributed by atoms with Gasteiger partial charge in [-0.2, -0.15) is 0 Å². The number of carbonyl (C=O) groups is 1. The summed E-state index contributed by atoms with van der Waals surface area (Å²) >= 11 is 0. The van der Waals surface area contributed by atoms with E-state index >= 15 is 0 Å². The third kappa shape index (κ3) is 50.9. The Kier molecular flexibility index (Phi) is 47.7. The van der Waals surface area contributed by atoms with Gasteiger partial charge in [-0.3, -0.25) is 13.8 Å². The fraction of sp³-hybridized carbons (Fsp3) is 0.946. The van der Waals surface area contributed by atoms with Crippen molar-refractivity contribution in [1.29, 1.82) is 0 Å². The lowest BCUT2D eigenvalue weighted by Crippen LogP contribution is -2.46. The molecule has 0 spiro atoms. The van der Waals surface area contributed by atoms with Gasteiger partial charge in [0.15, 0.2) is 0 Å². The number of allylic oxidation sites excluding steroid dienone is 2. The topological polar surface area (TPSA) is 105 Å². The third-order valence-electron chi connectivity index (χ3n) is 13.3. The molecule has 3 unspecified atom stereocenters. The van der Waals surface area contributed by atoms with Crippen molar-refractivity contribution in [2.45, 2.75) is 302 Å². The second-order valence-electron chi connectivity index (χ2n) is 21.0. The quantitative estimate of drug-likeness (QED) is 0.0243. The molecule has 388 valence electrons. The second-order valence-corrected chi connectivity index (χ2v) is 22.5. The van der Waals surface area contributed by atoms with Crippen LogP contribution in [0, 0.1) is 0 Å². The largest absolute Gasteiger partial charge is 0.472 e. The standard InChI is InChI=1S/C56H113N2O6P/c1-6-8-10-12-14-16-18-20-21-22-23-24-25-26-27-28-29-30-31-32-33-34-35-36-38-40-42-44-46-48-50-56(60)57-54(53-64-65(61,62)63-52-51-58(3,4)5)55(59)49-47-45-43-41-39-37-19-17-15-13-11-9-7-2/h26-27,54-55,59H,6-25,28-53H2,1-5H3,(H-,57,60,61,62)/p+1/b27-26-. The number of nitrogens with one attached hydrogen (secondary N) is 1.